The van der Waals surface area contributed by atoms with Crippen molar-refractivity contribution in [1.82, 2.24) is 9.78 Å². The fraction of sp³-hybridized carbons (Fsp3) is 0.125. The summed E-state index contributed by atoms with van der Waals surface area (Å²) < 4.78 is 4.05. The van der Waals surface area contributed by atoms with Crippen LogP contribution in [0.4, 0.5) is 0 Å². The van der Waals surface area contributed by atoms with Crippen LogP contribution in [0.1, 0.15) is 22.0 Å². The van der Waals surface area contributed by atoms with Crippen molar-refractivity contribution in [2.24, 2.45) is 0 Å². The van der Waals surface area contributed by atoms with E-state index in [0.717, 1.165) is 21.5 Å². The topological polar surface area (TPSA) is 17.8 Å². The molecule has 4 heteroatoms. The number of hydrogen-bond donors (Lipinski definition) is 0. The molecule has 0 radical (unpaired) electrons. The molecular weight excluding hydrogens is 479 g/mol. The van der Waals surface area contributed by atoms with E-state index in [-0.39, 0.29) is 0 Å². The van der Waals surface area contributed by atoms with Crippen LogP contribution < -0.4 is 0 Å². The predicted molar refractivity (Wildman–Crippen MR) is 128 cm³/mol. The van der Waals surface area contributed by atoms with Gasteiger partial charge in [0.05, 0.1) is 0 Å². The summed E-state index contributed by atoms with van der Waals surface area (Å²) in [5.74, 6) is 0. The molecule has 1 aliphatic heterocycles. The third kappa shape index (κ3) is 2.88. The van der Waals surface area contributed by atoms with Gasteiger partial charge in [-0.15, -0.1) is 0 Å². The van der Waals surface area contributed by atoms with Crippen molar-refractivity contribution in [2.75, 3.05) is 4.93 Å². The van der Waals surface area contributed by atoms with Crippen molar-refractivity contribution in [3.8, 4) is 5.69 Å². The van der Waals surface area contributed by atoms with E-state index in [1.807, 2.05) is 29.1 Å². The number of benzene rings is 3. The van der Waals surface area contributed by atoms with Crippen molar-refractivity contribution >= 4 is 47.8 Å². The Labute approximate surface area is 177 Å². The second-order valence-electron chi connectivity index (χ2n) is 7.08. The zero-order valence-corrected chi connectivity index (χ0v) is 18.6. The van der Waals surface area contributed by atoms with E-state index in [2.05, 4.69) is 66.6 Å². The zero-order chi connectivity index (χ0) is 19.3. The summed E-state index contributed by atoms with van der Waals surface area (Å²) in [6.45, 7) is 2.23. The molecule has 0 fully saturated rings. The molecule has 28 heavy (non-hydrogen) atoms. The molecule has 140 valence electrons. The van der Waals surface area contributed by atoms with E-state index < -0.39 is 19.8 Å². The Bertz CT molecular complexity index is 1220. The molecule has 1 aromatic heterocycles. The second-order valence-corrected chi connectivity index (χ2v) is 12.9. The molecule has 5 rings (SSSR count). The van der Waals surface area contributed by atoms with Gasteiger partial charge >= 0.3 is 178 Å². The van der Waals surface area contributed by atoms with Gasteiger partial charge < -0.3 is 0 Å². The fourth-order valence-electron chi connectivity index (χ4n) is 3.91. The van der Waals surface area contributed by atoms with Gasteiger partial charge in [-0.2, -0.15) is 0 Å². The third-order valence-corrected chi connectivity index (χ3v) is 11.6. The van der Waals surface area contributed by atoms with Gasteiger partial charge in [0.1, 0.15) is 0 Å². The molecule has 1 unspecified atom stereocenters. The number of hydrogen-bond acceptors (Lipinski definition) is 1. The Morgan fingerprint density at radius 1 is 0.964 bits per heavy atom. The number of allylic oxidation sites excluding steroid dienone is 2. The maximum atomic E-state index is 6.40. The molecule has 2 nitrogen and oxygen atoms in total. The predicted octanol–water partition coefficient (Wildman–Crippen LogP) is 7.14. The van der Waals surface area contributed by atoms with Crippen LogP contribution in [-0.2, 0) is 0 Å². The molecule has 0 amide bonds. The first-order valence-corrected chi connectivity index (χ1v) is 14.1. The summed E-state index contributed by atoms with van der Waals surface area (Å²) in [5.41, 5.74) is 5.18. The van der Waals surface area contributed by atoms with E-state index in [1.165, 1.54) is 16.7 Å². The first-order valence-electron chi connectivity index (χ1n) is 9.22. The average Bonchev–Trinajstić information content (AvgIpc) is 3.21. The Balaban J connectivity index is 1.58. The van der Waals surface area contributed by atoms with Crippen molar-refractivity contribution < 1.29 is 0 Å². The van der Waals surface area contributed by atoms with E-state index in [9.17, 15) is 0 Å². The Morgan fingerprint density at radius 3 is 2.57 bits per heavy atom. The summed E-state index contributed by atoms with van der Waals surface area (Å²) in [7, 11) is 0. The standard InChI is InChI=1S/C24H20ClIN2/c1-16-13-23(26(2)22-10-6-5-7-18(16)22)17-14-27-28(15-17)24-12-11-21(25)19-8-3-4-9-20(19)24/h3-15,23H,1-2H3. The molecule has 0 aliphatic carbocycles. The van der Waals surface area contributed by atoms with Crippen LogP contribution in [0, 0.1) is 3.57 Å². The molecule has 3 aromatic carbocycles. The van der Waals surface area contributed by atoms with Gasteiger partial charge in [0.25, 0.3) is 0 Å². The second kappa shape index (κ2) is 7.05. The van der Waals surface area contributed by atoms with Crippen LogP contribution in [0.5, 0.6) is 0 Å². The summed E-state index contributed by atoms with van der Waals surface area (Å²) >= 11 is 5.03. The molecule has 0 spiro atoms. The first-order chi connectivity index (χ1) is 13.6. The fourth-order valence-corrected chi connectivity index (χ4v) is 9.64. The van der Waals surface area contributed by atoms with Gasteiger partial charge in [-0.25, -0.2) is 0 Å². The van der Waals surface area contributed by atoms with Crippen LogP contribution in [0.2, 0.25) is 5.02 Å². The number of fused-ring (bicyclic) bond motifs is 2. The molecule has 0 bridgehead atoms. The van der Waals surface area contributed by atoms with Gasteiger partial charge in [-0.1, -0.05) is 0 Å². The van der Waals surface area contributed by atoms with Gasteiger partial charge in [0.15, 0.2) is 0 Å². The number of nitrogens with zero attached hydrogens (tertiary/aromatic N) is 2. The SMILES string of the molecule is CC1=CC(c2cnn(-c3ccc(Cl)c4ccccc34)c2)I(C)c2ccccc21. The molecule has 1 atom stereocenters. The monoisotopic (exact) mass is 498 g/mol. The molecule has 2 heterocycles. The average molecular weight is 499 g/mol. The minimum absolute atomic E-state index is 0.478. The third-order valence-electron chi connectivity index (χ3n) is 5.38. The van der Waals surface area contributed by atoms with Crippen molar-refractivity contribution in [3.05, 3.63) is 98.9 Å². The van der Waals surface area contributed by atoms with Crippen LogP contribution >= 0.6 is 31.4 Å². The quantitative estimate of drug-likeness (QED) is 0.212. The van der Waals surface area contributed by atoms with Crippen LogP contribution in [-0.4, -0.2) is 14.7 Å². The summed E-state index contributed by atoms with van der Waals surface area (Å²) in [6.07, 6.45) is 6.69. The molecule has 0 saturated carbocycles. The normalized spacial score (nSPS) is 17.5. The summed E-state index contributed by atoms with van der Waals surface area (Å²) in [4.78, 5) is 2.46. The summed E-state index contributed by atoms with van der Waals surface area (Å²) in [6, 6.07) is 21.1. The molecular formula is C24H20ClIN2. The van der Waals surface area contributed by atoms with Crippen LogP contribution in [0.3, 0.4) is 0 Å². The Hall–Kier alpha value is -2.11. The number of halogens is 2. The molecule has 4 aromatic rings. The van der Waals surface area contributed by atoms with E-state index in [0.29, 0.717) is 3.92 Å². The van der Waals surface area contributed by atoms with Crippen LogP contribution in [0.15, 0.2) is 79.1 Å². The number of aromatic nitrogens is 2. The van der Waals surface area contributed by atoms with Crippen molar-refractivity contribution in [2.45, 2.75) is 10.8 Å². The molecule has 1 aliphatic rings. The molecule has 0 saturated heterocycles. The van der Waals surface area contributed by atoms with Gasteiger partial charge in [-0.05, 0) is 0 Å². The van der Waals surface area contributed by atoms with Gasteiger partial charge in [-0.3, -0.25) is 0 Å². The van der Waals surface area contributed by atoms with Gasteiger partial charge in [0, 0.05) is 0 Å². The minimum atomic E-state index is -1.36. The van der Waals surface area contributed by atoms with Gasteiger partial charge in [0.2, 0.25) is 0 Å². The van der Waals surface area contributed by atoms with E-state index in [1.54, 1.807) is 3.57 Å². The Kier molecular flexibility index (Phi) is 4.52. The zero-order valence-electron chi connectivity index (χ0n) is 15.7. The summed E-state index contributed by atoms with van der Waals surface area (Å²) in [5, 5.41) is 7.68. The first kappa shape index (κ1) is 18.0. The Morgan fingerprint density at radius 2 is 1.71 bits per heavy atom. The van der Waals surface area contributed by atoms with Crippen molar-refractivity contribution in [3.63, 3.8) is 0 Å². The van der Waals surface area contributed by atoms with Crippen LogP contribution in [0.25, 0.3) is 22.0 Å². The maximum absolute atomic E-state index is 6.40. The van der Waals surface area contributed by atoms with E-state index >= 15 is 0 Å². The van der Waals surface area contributed by atoms with E-state index in [4.69, 9.17) is 16.7 Å². The van der Waals surface area contributed by atoms with Crippen molar-refractivity contribution in [1.29, 1.82) is 0 Å². The molecule has 0 N–H and O–H groups in total. The number of rotatable bonds is 2. The number of alkyl halides is 2.